The first-order valence-corrected chi connectivity index (χ1v) is 9.35. The molecule has 0 aromatic carbocycles. The molecule has 1 N–H and O–H groups in total. The minimum atomic E-state index is -0.259. The number of nitrogens with one attached hydrogen (secondary N) is 1. The quantitative estimate of drug-likeness (QED) is 0.709. The Bertz CT molecular complexity index is 908. The third-order valence-corrected chi connectivity index (χ3v) is 4.68. The zero-order valence-electron chi connectivity index (χ0n) is 16.0. The zero-order valence-corrected chi connectivity index (χ0v) is 16.8. The van der Waals surface area contributed by atoms with Gasteiger partial charge in [-0.3, -0.25) is 4.79 Å². The van der Waals surface area contributed by atoms with Gasteiger partial charge in [0.25, 0.3) is 5.91 Å². The molecular weight excluding hydrogens is 348 g/mol. The van der Waals surface area contributed by atoms with Gasteiger partial charge in [0.15, 0.2) is 10.8 Å². The van der Waals surface area contributed by atoms with Crippen molar-refractivity contribution in [2.75, 3.05) is 5.32 Å². The summed E-state index contributed by atoms with van der Waals surface area (Å²) in [5, 5.41) is 10.1. The Balaban J connectivity index is 1.88. The van der Waals surface area contributed by atoms with E-state index in [1.165, 1.54) is 11.3 Å². The van der Waals surface area contributed by atoms with Crippen LogP contribution in [0.5, 0.6) is 0 Å². The molecule has 26 heavy (non-hydrogen) atoms. The smallest absolute Gasteiger partial charge is 0.276 e. The molecule has 0 aliphatic rings. The van der Waals surface area contributed by atoms with Gasteiger partial charge in [0, 0.05) is 16.9 Å². The van der Waals surface area contributed by atoms with Crippen LogP contribution in [0.25, 0.3) is 10.8 Å². The fourth-order valence-electron chi connectivity index (χ4n) is 2.42. The van der Waals surface area contributed by atoms with Gasteiger partial charge in [-0.25, -0.2) is 9.67 Å². The number of furan rings is 1. The highest BCUT2D eigenvalue weighted by molar-refractivity contribution is 7.13. The van der Waals surface area contributed by atoms with E-state index in [9.17, 15) is 4.79 Å². The molecule has 0 saturated carbocycles. The summed E-state index contributed by atoms with van der Waals surface area (Å²) < 4.78 is 7.19. The van der Waals surface area contributed by atoms with Gasteiger partial charge in [0.2, 0.25) is 0 Å². The summed E-state index contributed by atoms with van der Waals surface area (Å²) in [7, 11) is 0. The topological polar surface area (TPSA) is 73.0 Å². The number of hydrogen-bond acceptors (Lipinski definition) is 5. The van der Waals surface area contributed by atoms with Gasteiger partial charge in [-0.1, -0.05) is 20.8 Å². The molecule has 0 radical (unpaired) electrons. The molecule has 0 aliphatic heterocycles. The molecule has 1 amide bonds. The van der Waals surface area contributed by atoms with Gasteiger partial charge in [-0.2, -0.15) is 5.10 Å². The second kappa shape index (κ2) is 6.39. The van der Waals surface area contributed by atoms with Crippen molar-refractivity contribution in [3.05, 3.63) is 41.2 Å². The predicted octanol–water partition coefficient (Wildman–Crippen LogP) is 4.90. The number of anilines is 1. The lowest BCUT2D eigenvalue weighted by atomic mass is 9.92. The van der Waals surface area contributed by atoms with Crippen LogP contribution in [-0.2, 0) is 11.0 Å². The minimum Gasteiger partial charge on any atom is -0.462 e. The van der Waals surface area contributed by atoms with E-state index in [4.69, 9.17) is 9.52 Å². The summed E-state index contributed by atoms with van der Waals surface area (Å²) >= 11 is 1.38. The molecule has 0 bridgehead atoms. The van der Waals surface area contributed by atoms with Crippen LogP contribution in [-0.4, -0.2) is 20.7 Å². The predicted molar refractivity (Wildman–Crippen MR) is 104 cm³/mol. The molecule has 0 spiro atoms. The zero-order chi connectivity index (χ0) is 19.1. The molecule has 3 rings (SSSR count). The van der Waals surface area contributed by atoms with Gasteiger partial charge in [0.05, 0.1) is 17.5 Å². The van der Waals surface area contributed by atoms with E-state index >= 15 is 0 Å². The summed E-state index contributed by atoms with van der Waals surface area (Å²) in [6.07, 6.45) is 1.59. The van der Waals surface area contributed by atoms with E-state index in [1.54, 1.807) is 17.7 Å². The lowest BCUT2D eigenvalue weighted by Gasteiger charge is -2.22. The van der Waals surface area contributed by atoms with Gasteiger partial charge in [-0.05, 0) is 32.9 Å². The van der Waals surface area contributed by atoms with Gasteiger partial charge >= 0.3 is 0 Å². The minimum absolute atomic E-state index is 0.108. The molecule has 7 heteroatoms. The maximum Gasteiger partial charge on any atom is 0.276 e. The Labute approximate surface area is 157 Å². The third kappa shape index (κ3) is 3.72. The van der Waals surface area contributed by atoms with Crippen molar-refractivity contribution in [2.45, 2.75) is 52.5 Å². The molecule has 3 heterocycles. The fourth-order valence-corrected chi connectivity index (χ4v) is 3.19. The molecule has 0 aliphatic carbocycles. The molecule has 3 aromatic heterocycles. The summed E-state index contributed by atoms with van der Waals surface area (Å²) in [6, 6.07) is 5.56. The van der Waals surface area contributed by atoms with E-state index in [0.29, 0.717) is 22.3 Å². The molecule has 3 aromatic rings. The van der Waals surface area contributed by atoms with Crippen molar-refractivity contribution in [3.63, 3.8) is 0 Å². The number of carbonyl (C=O) groups excluding carboxylic acids is 1. The highest BCUT2D eigenvalue weighted by Crippen LogP contribution is 2.29. The second-order valence-corrected chi connectivity index (χ2v) is 9.07. The van der Waals surface area contributed by atoms with Crippen LogP contribution in [0, 0.1) is 0 Å². The largest absolute Gasteiger partial charge is 0.462 e. The van der Waals surface area contributed by atoms with E-state index in [2.05, 4.69) is 51.8 Å². The van der Waals surface area contributed by atoms with Crippen molar-refractivity contribution in [2.24, 2.45) is 0 Å². The fraction of sp³-hybridized carbons (Fsp3) is 0.421. The summed E-state index contributed by atoms with van der Waals surface area (Å²) in [5.41, 5.74) is 0.925. The number of nitrogens with zero attached hydrogens (tertiary/aromatic N) is 3. The number of thiazole rings is 1. The summed E-state index contributed by atoms with van der Waals surface area (Å²) in [6.45, 7) is 12.5. The summed E-state index contributed by atoms with van der Waals surface area (Å²) in [5.74, 6) is 1.06. The number of carbonyl (C=O) groups is 1. The van der Waals surface area contributed by atoms with E-state index in [-0.39, 0.29) is 16.9 Å². The van der Waals surface area contributed by atoms with E-state index in [0.717, 1.165) is 5.69 Å². The Morgan fingerprint density at radius 2 is 1.96 bits per heavy atom. The highest BCUT2D eigenvalue weighted by Gasteiger charge is 2.26. The lowest BCUT2D eigenvalue weighted by molar-refractivity contribution is 0.102. The van der Waals surface area contributed by atoms with Crippen LogP contribution < -0.4 is 5.32 Å². The molecule has 0 fully saturated rings. The number of amides is 1. The van der Waals surface area contributed by atoms with Crippen molar-refractivity contribution >= 4 is 23.1 Å². The van der Waals surface area contributed by atoms with Crippen molar-refractivity contribution in [1.29, 1.82) is 0 Å². The van der Waals surface area contributed by atoms with E-state index < -0.39 is 0 Å². The summed E-state index contributed by atoms with van der Waals surface area (Å²) in [4.78, 5) is 17.1. The van der Waals surface area contributed by atoms with Gasteiger partial charge in [0.1, 0.15) is 11.5 Å². The normalized spacial score (nSPS) is 12.4. The van der Waals surface area contributed by atoms with Crippen LogP contribution in [0.2, 0.25) is 0 Å². The first kappa shape index (κ1) is 18.4. The van der Waals surface area contributed by atoms with Gasteiger partial charge < -0.3 is 9.73 Å². The molecule has 6 nitrogen and oxygen atoms in total. The molecular formula is C19H24N4O2S. The van der Waals surface area contributed by atoms with E-state index in [1.807, 2.05) is 16.8 Å². The number of rotatable bonds is 3. The average molecular weight is 372 g/mol. The van der Waals surface area contributed by atoms with Crippen LogP contribution in [0.4, 0.5) is 5.82 Å². The maximum atomic E-state index is 12.7. The standard InChI is InChI=1S/C19H24N4O2S/c1-18(2,3)14-10-15(23(22-14)19(4,5)6)21-16(24)12-11-26-17(20-12)13-8-7-9-25-13/h7-11H,1-6H3,(H,21,24). The number of hydrogen-bond donors (Lipinski definition) is 1. The Kier molecular flexibility index (Phi) is 4.52. The average Bonchev–Trinajstić information content (AvgIpc) is 3.25. The third-order valence-electron chi connectivity index (χ3n) is 3.82. The molecule has 0 unspecified atom stereocenters. The first-order chi connectivity index (χ1) is 12.1. The SMILES string of the molecule is CC(C)(C)c1cc(NC(=O)c2csc(-c3ccco3)n2)n(C(C)(C)C)n1. The Morgan fingerprint density at radius 1 is 1.23 bits per heavy atom. The van der Waals surface area contributed by atoms with Crippen LogP contribution in [0.3, 0.4) is 0 Å². The first-order valence-electron chi connectivity index (χ1n) is 8.47. The highest BCUT2D eigenvalue weighted by atomic mass is 32.1. The number of aromatic nitrogens is 3. The van der Waals surface area contributed by atoms with Crippen molar-refractivity contribution in [1.82, 2.24) is 14.8 Å². The molecule has 0 atom stereocenters. The molecule has 0 saturated heterocycles. The Morgan fingerprint density at radius 3 is 2.54 bits per heavy atom. The maximum absolute atomic E-state index is 12.7. The van der Waals surface area contributed by atoms with Crippen molar-refractivity contribution < 1.29 is 9.21 Å². The second-order valence-electron chi connectivity index (χ2n) is 8.22. The Hall–Kier alpha value is -2.41. The van der Waals surface area contributed by atoms with Crippen LogP contribution >= 0.6 is 11.3 Å². The van der Waals surface area contributed by atoms with Crippen LogP contribution in [0.15, 0.2) is 34.3 Å². The lowest BCUT2D eigenvalue weighted by Crippen LogP contribution is -2.27. The van der Waals surface area contributed by atoms with Crippen molar-refractivity contribution in [3.8, 4) is 10.8 Å². The van der Waals surface area contributed by atoms with Gasteiger partial charge in [-0.15, -0.1) is 11.3 Å². The molecule has 138 valence electrons. The van der Waals surface area contributed by atoms with Crippen LogP contribution in [0.1, 0.15) is 57.7 Å². The monoisotopic (exact) mass is 372 g/mol.